The van der Waals surface area contributed by atoms with E-state index >= 15 is 0 Å². The predicted molar refractivity (Wildman–Crippen MR) is 75.1 cm³/mol. The molecule has 96 valence electrons. The molecule has 1 N–H and O–H groups in total. The van der Waals surface area contributed by atoms with E-state index in [1.807, 2.05) is 12.1 Å². The van der Waals surface area contributed by atoms with Crippen molar-refractivity contribution in [2.75, 3.05) is 6.54 Å². The van der Waals surface area contributed by atoms with E-state index < -0.39 is 0 Å². The number of fused-ring (bicyclic) bond motifs is 1. The number of hydrogen-bond donors (Lipinski definition) is 1. The van der Waals surface area contributed by atoms with Gasteiger partial charge in [0.2, 0.25) is 0 Å². The largest absolute Gasteiger partial charge is 0.330 e. The summed E-state index contributed by atoms with van der Waals surface area (Å²) in [5.41, 5.74) is 3.32. The fourth-order valence-corrected chi connectivity index (χ4v) is 3.02. The molecule has 4 heteroatoms. The molecule has 1 atom stereocenters. The smallest absolute Gasteiger partial charge is 0.126 e. The zero-order chi connectivity index (χ0) is 12.7. The highest BCUT2D eigenvalue weighted by molar-refractivity contribution is 6.32. The molecule has 1 aliphatic rings. The Morgan fingerprint density at radius 1 is 1.39 bits per heavy atom. The number of halogens is 1. The van der Waals surface area contributed by atoms with Crippen molar-refractivity contribution in [2.45, 2.75) is 32.2 Å². The van der Waals surface area contributed by atoms with Crippen molar-refractivity contribution < 1.29 is 0 Å². The second-order valence-corrected chi connectivity index (χ2v) is 5.48. The molecule has 0 radical (unpaired) electrons. The molecule has 1 saturated heterocycles. The highest BCUT2D eigenvalue weighted by Crippen LogP contribution is 2.29. The topological polar surface area (TPSA) is 29.9 Å². The Balaban J connectivity index is 2.13. The number of piperidine rings is 1. The van der Waals surface area contributed by atoms with Gasteiger partial charge in [0.15, 0.2) is 0 Å². The van der Waals surface area contributed by atoms with Gasteiger partial charge in [-0.2, -0.15) is 0 Å². The summed E-state index contributed by atoms with van der Waals surface area (Å²) in [5.74, 6) is 1.13. The maximum Gasteiger partial charge on any atom is 0.126 e. The molecule has 1 aliphatic heterocycles. The second-order valence-electron chi connectivity index (χ2n) is 5.07. The monoisotopic (exact) mass is 263 g/mol. The highest BCUT2D eigenvalue weighted by atomic mass is 35.5. The maximum absolute atomic E-state index is 6.20. The first-order valence-corrected chi connectivity index (χ1v) is 6.91. The third-order valence-corrected chi connectivity index (χ3v) is 4.29. The van der Waals surface area contributed by atoms with Crippen LogP contribution in [0.2, 0.25) is 5.02 Å². The lowest BCUT2D eigenvalue weighted by molar-refractivity contribution is 0.392. The molecule has 1 fully saturated rings. The van der Waals surface area contributed by atoms with Crippen LogP contribution in [0.4, 0.5) is 0 Å². The second kappa shape index (κ2) is 4.56. The van der Waals surface area contributed by atoms with Crippen LogP contribution in [-0.2, 0) is 7.05 Å². The molecule has 1 aromatic carbocycles. The molecule has 3 rings (SSSR count). The number of rotatable bonds is 1. The first-order valence-electron chi connectivity index (χ1n) is 6.53. The molecular formula is C14H18ClN3. The lowest BCUT2D eigenvalue weighted by Gasteiger charge is -2.23. The van der Waals surface area contributed by atoms with Gasteiger partial charge in [0.1, 0.15) is 5.82 Å². The van der Waals surface area contributed by atoms with Crippen LogP contribution in [0.1, 0.15) is 36.7 Å². The van der Waals surface area contributed by atoms with Crippen LogP contribution >= 0.6 is 11.6 Å². The minimum absolute atomic E-state index is 0.384. The van der Waals surface area contributed by atoms with Gasteiger partial charge >= 0.3 is 0 Å². The summed E-state index contributed by atoms with van der Waals surface area (Å²) in [6.07, 6.45) is 3.72. The molecule has 0 amide bonds. The van der Waals surface area contributed by atoms with E-state index in [4.69, 9.17) is 16.6 Å². The van der Waals surface area contributed by atoms with Gasteiger partial charge in [0.25, 0.3) is 0 Å². The molecule has 0 saturated carbocycles. The Bertz CT molecular complexity index is 582. The minimum atomic E-state index is 0.384. The fourth-order valence-electron chi connectivity index (χ4n) is 2.87. The highest BCUT2D eigenvalue weighted by Gasteiger charge is 2.21. The zero-order valence-corrected chi connectivity index (χ0v) is 11.6. The molecule has 1 aromatic heterocycles. The van der Waals surface area contributed by atoms with Crippen molar-refractivity contribution >= 4 is 22.6 Å². The SMILES string of the molecule is Cc1c(Cl)ccc2nc(C3CCCCN3)n(C)c12. The summed E-state index contributed by atoms with van der Waals surface area (Å²) < 4.78 is 2.19. The van der Waals surface area contributed by atoms with E-state index in [9.17, 15) is 0 Å². The average Bonchev–Trinajstić information content (AvgIpc) is 2.73. The molecule has 2 aromatic rings. The minimum Gasteiger partial charge on any atom is -0.330 e. The molecule has 1 unspecified atom stereocenters. The van der Waals surface area contributed by atoms with Crippen LogP contribution in [0.5, 0.6) is 0 Å². The van der Waals surface area contributed by atoms with Gasteiger partial charge in [-0.1, -0.05) is 18.0 Å². The number of hydrogen-bond acceptors (Lipinski definition) is 2. The van der Waals surface area contributed by atoms with Crippen LogP contribution in [0, 0.1) is 6.92 Å². The maximum atomic E-state index is 6.20. The normalized spacial score (nSPS) is 20.5. The number of nitrogens with one attached hydrogen (secondary N) is 1. The average molecular weight is 264 g/mol. The first kappa shape index (κ1) is 12.0. The van der Waals surface area contributed by atoms with Crippen molar-refractivity contribution in [1.29, 1.82) is 0 Å². The Kier molecular flexibility index (Phi) is 3.04. The summed E-state index contributed by atoms with van der Waals surface area (Å²) >= 11 is 6.20. The summed E-state index contributed by atoms with van der Waals surface area (Å²) in [6.45, 7) is 3.15. The van der Waals surface area contributed by atoms with Crippen LogP contribution in [0.25, 0.3) is 11.0 Å². The number of aromatic nitrogens is 2. The summed E-state index contributed by atoms with van der Waals surface area (Å²) in [4.78, 5) is 4.78. The molecule has 18 heavy (non-hydrogen) atoms. The van der Waals surface area contributed by atoms with Crippen LogP contribution in [-0.4, -0.2) is 16.1 Å². The lowest BCUT2D eigenvalue weighted by atomic mass is 10.0. The third-order valence-electron chi connectivity index (χ3n) is 3.88. The number of imidazole rings is 1. The lowest BCUT2D eigenvalue weighted by Crippen LogP contribution is -2.28. The standard InChI is InChI=1S/C14H18ClN3/c1-9-10(15)6-7-11-13(9)18(2)14(17-11)12-5-3-4-8-16-12/h6-7,12,16H,3-5,8H2,1-2H3. The summed E-state index contributed by atoms with van der Waals surface area (Å²) in [6, 6.07) is 4.33. The Morgan fingerprint density at radius 2 is 2.22 bits per heavy atom. The Labute approximate surface area is 112 Å². The van der Waals surface area contributed by atoms with E-state index in [0.29, 0.717) is 6.04 Å². The van der Waals surface area contributed by atoms with E-state index in [2.05, 4.69) is 23.9 Å². The predicted octanol–water partition coefficient (Wildman–Crippen LogP) is 3.35. The molecule has 0 aliphatic carbocycles. The van der Waals surface area contributed by atoms with E-state index in [-0.39, 0.29) is 0 Å². The van der Waals surface area contributed by atoms with Gasteiger partial charge in [-0.3, -0.25) is 0 Å². The van der Waals surface area contributed by atoms with Crippen molar-refractivity contribution in [1.82, 2.24) is 14.9 Å². The zero-order valence-electron chi connectivity index (χ0n) is 10.8. The van der Waals surface area contributed by atoms with Gasteiger partial charge in [0.05, 0.1) is 17.1 Å². The van der Waals surface area contributed by atoms with Crippen molar-refractivity contribution in [3.63, 3.8) is 0 Å². The van der Waals surface area contributed by atoms with E-state index in [1.54, 1.807) is 0 Å². The molecular weight excluding hydrogens is 246 g/mol. The summed E-state index contributed by atoms with van der Waals surface area (Å²) in [5, 5.41) is 4.37. The third kappa shape index (κ3) is 1.82. The number of nitrogens with zero attached hydrogens (tertiary/aromatic N) is 2. The van der Waals surface area contributed by atoms with Crippen molar-refractivity contribution in [3.05, 3.63) is 28.5 Å². The molecule has 3 nitrogen and oxygen atoms in total. The molecule has 0 spiro atoms. The Hall–Kier alpha value is -1.06. The van der Waals surface area contributed by atoms with Gasteiger partial charge in [-0.05, 0) is 44.0 Å². The molecule has 0 bridgehead atoms. The van der Waals surface area contributed by atoms with Gasteiger partial charge < -0.3 is 9.88 Å². The van der Waals surface area contributed by atoms with Gasteiger partial charge in [-0.15, -0.1) is 0 Å². The van der Waals surface area contributed by atoms with E-state index in [0.717, 1.165) is 34.0 Å². The number of aryl methyl sites for hydroxylation is 2. The fraction of sp³-hybridized carbons (Fsp3) is 0.500. The van der Waals surface area contributed by atoms with Crippen LogP contribution in [0.15, 0.2) is 12.1 Å². The van der Waals surface area contributed by atoms with Crippen molar-refractivity contribution in [3.8, 4) is 0 Å². The number of benzene rings is 1. The Morgan fingerprint density at radius 3 is 2.94 bits per heavy atom. The quantitative estimate of drug-likeness (QED) is 0.855. The molecule has 2 heterocycles. The van der Waals surface area contributed by atoms with Gasteiger partial charge in [0, 0.05) is 12.1 Å². The first-order chi connectivity index (χ1) is 8.68. The van der Waals surface area contributed by atoms with Crippen molar-refractivity contribution in [2.24, 2.45) is 7.05 Å². The summed E-state index contributed by atoms with van der Waals surface area (Å²) in [7, 11) is 2.09. The van der Waals surface area contributed by atoms with Gasteiger partial charge in [-0.25, -0.2) is 4.98 Å². The van der Waals surface area contributed by atoms with E-state index in [1.165, 1.54) is 19.3 Å². The van der Waals surface area contributed by atoms with Crippen LogP contribution < -0.4 is 5.32 Å². The van der Waals surface area contributed by atoms with Crippen LogP contribution in [0.3, 0.4) is 0 Å².